The van der Waals surface area contributed by atoms with Crippen molar-refractivity contribution in [3.8, 4) is 5.75 Å². The molecule has 0 aromatic heterocycles. The first-order chi connectivity index (χ1) is 15.0. The average Bonchev–Trinajstić information content (AvgIpc) is 3.03. The van der Waals surface area contributed by atoms with Gasteiger partial charge in [0.15, 0.2) is 0 Å². The maximum atomic E-state index is 14.1. The van der Waals surface area contributed by atoms with E-state index in [0.29, 0.717) is 17.9 Å². The third kappa shape index (κ3) is 4.81. The van der Waals surface area contributed by atoms with Crippen LogP contribution in [0.25, 0.3) is 6.08 Å². The molecule has 7 heteroatoms. The van der Waals surface area contributed by atoms with E-state index in [1.807, 2.05) is 48.5 Å². The van der Waals surface area contributed by atoms with Crippen LogP contribution in [0, 0.1) is 5.82 Å². The third-order valence-corrected chi connectivity index (χ3v) is 5.96. The minimum atomic E-state index is -0.560. The largest absolute Gasteiger partial charge is 0.488 e. The first-order valence-electron chi connectivity index (χ1n) is 9.47. The van der Waals surface area contributed by atoms with Gasteiger partial charge in [0.25, 0.3) is 11.1 Å². The van der Waals surface area contributed by atoms with Gasteiger partial charge in [0.1, 0.15) is 18.2 Å². The number of carbonyl (C=O) groups is 2. The number of nitrogens with zero attached hydrogens (tertiary/aromatic N) is 1. The SMILES string of the molecule is O=C1S/C(=C\c2ccccc2OCc2ccccc2)C(=O)N1Cc1c(F)cccc1Cl. The summed E-state index contributed by atoms with van der Waals surface area (Å²) in [5.41, 5.74) is 1.80. The van der Waals surface area contributed by atoms with Crippen molar-refractivity contribution >= 4 is 40.6 Å². The Labute approximate surface area is 188 Å². The summed E-state index contributed by atoms with van der Waals surface area (Å²) in [4.78, 5) is 26.5. The highest BCUT2D eigenvalue weighted by Crippen LogP contribution is 2.36. The zero-order valence-corrected chi connectivity index (χ0v) is 17.8. The van der Waals surface area contributed by atoms with Gasteiger partial charge in [-0.2, -0.15) is 0 Å². The minimum absolute atomic E-state index is 0.110. The highest BCUT2D eigenvalue weighted by Gasteiger charge is 2.36. The molecule has 31 heavy (non-hydrogen) atoms. The molecular formula is C24H17ClFNO3S. The van der Waals surface area contributed by atoms with Crippen LogP contribution in [0.5, 0.6) is 5.75 Å². The number of benzene rings is 3. The highest BCUT2D eigenvalue weighted by atomic mass is 35.5. The van der Waals surface area contributed by atoms with Gasteiger partial charge in [0, 0.05) is 16.1 Å². The Bertz CT molecular complexity index is 1150. The van der Waals surface area contributed by atoms with Crippen molar-refractivity contribution < 1.29 is 18.7 Å². The van der Waals surface area contributed by atoms with E-state index in [9.17, 15) is 14.0 Å². The normalized spacial score (nSPS) is 15.0. The van der Waals surface area contributed by atoms with Crippen molar-refractivity contribution in [3.05, 3.63) is 105 Å². The lowest BCUT2D eigenvalue weighted by Gasteiger charge is -2.14. The lowest BCUT2D eigenvalue weighted by atomic mass is 10.1. The lowest BCUT2D eigenvalue weighted by Crippen LogP contribution is -2.28. The summed E-state index contributed by atoms with van der Waals surface area (Å²) in [5, 5.41) is -0.305. The molecule has 156 valence electrons. The second kappa shape index (κ2) is 9.37. The molecule has 4 rings (SSSR count). The van der Waals surface area contributed by atoms with E-state index in [-0.39, 0.29) is 22.0 Å². The van der Waals surface area contributed by atoms with Crippen molar-refractivity contribution in [1.29, 1.82) is 0 Å². The molecule has 1 saturated heterocycles. The first kappa shape index (κ1) is 21.2. The van der Waals surface area contributed by atoms with E-state index in [0.717, 1.165) is 22.2 Å². The number of amides is 2. The molecule has 1 aliphatic rings. The van der Waals surface area contributed by atoms with Crippen molar-refractivity contribution in [2.45, 2.75) is 13.2 Å². The van der Waals surface area contributed by atoms with Crippen LogP contribution in [-0.2, 0) is 17.9 Å². The van der Waals surface area contributed by atoms with E-state index in [4.69, 9.17) is 16.3 Å². The maximum absolute atomic E-state index is 14.1. The Hall–Kier alpha value is -3.09. The van der Waals surface area contributed by atoms with Crippen molar-refractivity contribution in [3.63, 3.8) is 0 Å². The molecule has 3 aromatic carbocycles. The lowest BCUT2D eigenvalue weighted by molar-refractivity contribution is -0.123. The zero-order chi connectivity index (χ0) is 21.8. The van der Waals surface area contributed by atoms with Gasteiger partial charge >= 0.3 is 0 Å². The number of hydrogen-bond donors (Lipinski definition) is 0. The summed E-state index contributed by atoms with van der Waals surface area (Å²) in [6.07, 6.45) is 1.62. The molecule has 1 fully saturated rings. The van der Waals surface area contributed by atoms with Gasteiger partial charge in [0.05, 0.1) is 11.4 Å². The van der Waals surface area contributed by atoms with Crippen LogP contribution < -0.4 is 4.74 Å². The Balaban J connectivity index is 1.54. The van der Waals surface area contributed by atoms with Gasteiger partial charge in [-0.05, 0) is 41.6 Å². The second-order valence-electron chi connectivity index (χ2n) is 6.78. The maximum Gasteiger partial charge on any atom is 0.293 e. The molecular weight excluding hydrogens is 437 g/mol. The topological polar surface area (TPSA) is 46.6 Å². The number of hydrogen-bond acceptors (Lipinski definition) is 4. The fourth-order valence-electron chi connectivity index (χ4n) is 3.09. The molecule has 1 heterocycles. The van der Waals surface area contributed by atoms with E-state index in [2.05, 4.69) is 0 Å². The summed E-state index contributed by atoms with van der Waals surface area (Å²) in [6, 6.07) is 21.2. The first-order valence-corrected chi connectivity index (χ1v) is 10.7. The second-order valence-corrected chi connectivity index (χ2v) is 8.18. The molecule has 0 saturated carbocycles. The molecule has 0 N–H and O–H groups in total. The van der Waals surface area contributed by atoms with Gasteiger partial charge in [-0.25, -0.2) is 4.39 Å². The molecule has 0 spiro atoms. The van der Waals surface area contributed by atoms with Crippen LogP contribution in [0.2, 0.25) is 5.02 Å². The smallest absolute Gasteiger partial charge is 0.293 e. The highest BCUT2D eigenvalue weighted by molar-refractivity contribution is 8.18. The predicted octanol–water partition coefficient (Wildman–Crippen LogP) is 6.29. The number of thioether (sulfide) groups is 1. The van der Waals surface area contributed by atoms with Gasteiger partial charge in [-0.3, -0.25) is 14.5 Å². The number of para-hydroxylation sites is 1. The molecule has 0 bridgehead atoms. The zero-order valence-electron chi connectivity index (χ0n) is 16.3. The van der Waals surface area contributed by atoms with Crippen molar-refractivity contribution in [1.82, 2.24) is 4.90 Å². The molecule has 1 aliphatic heterocycles. The number of rotatable bonds is 6. The number of carbonyl (C=O) groups excluding carboxylic acids is 2. The van der Waals surface area contributed by atoms with Crippen LogP contribution in [0.1, 0.15) is 16.7 Å². The van der Waals surface area contributed by atoms with E-state index < -0.39 is 17.0 Å². The van der Waals surface area contributed by atoms with Crippen LogP contribution in [0.15, 0.2) is 77.7 Å². The Kier molecular flexibility index (Phi) is 6.39. The summed E-state index contributed by atoms with van der Waals surface area (Å²) in [5.74, 6) is -0.460. The van der Waals surface area contributed by atoms with Crippen LogP contribution >= 0.6 is 23.4 Å². The van der Waals surface area contributed by atoms with Crippen LogP contribution in [0.3, 0.4) is 0 Å². The third-order valence-electron chi connectivity index (χ3n) is 4.69. The molecule has 0 aliphatic carbocycles. The van der Waals surface area contributed by atoms with Crippen molar-refractivity contribution in [2.75, 3.05) is 0 Å². The van der Waals surface area contributed by atoms with Crippen LogP contribution in [0.4, 0.5) is 9.18 Å². The fourth-order valence-corrected chi connectivity index (χ4v) is 4.14. The van der Waals surface area contributed by atoms with Gasteiger partial charge in [-0.15, -0.1) is 0 Å². The molecule has 0 unspecified atom stereocenters. The van der Waals surface area contributed by atoms with Crippen LogP contribution in [-0.4, -0.2) is 16.0 Å². The minimum Gasteiger partial charge on any atom is -0.488 e. The Morgan fingerprint density at radius 3 is 2.48 bits per heavy atom. The number of imide groups is 1. The molecule has 2 amide bonds. The standard InChI is InChI=1S/C24H17ClFNO3S/c25-19-10-6-11-20(26)18(19)14-27-23(28)22(31-24(27)29)13-17-9-4-5-12-21(17)30-15-16-7-2-1-3-8-16/h1-13H,14-15H2/b22-13-. The summed E-state index contributed by atoms with van der Waals surface area (Å²) < 4.78 is 20.0. The Morgan fingerprint density at radius 1 is 0.968 bits per heavy atom. The predicted molar refractivity (Wildman–Crippen MR) is 120 cm³/mol. The molecule has 0 radical (unpaired) electrons. The van der Waals surface area contributed by atoms with Gasteiger partial charge < -0.3 is 4.74 Å². The Morgan fingerprint density at radius 2 is 1.71 bits per heavy atom. The van der Waals surface area contributed by atoms with E-state index >= 15 is 0 Å². The van der Waals surface area contributed by atoms with Gasteiger partial charge in [0.2, 0.25) is 0 Å². The molecule has 4 nitrogen and oxygen atoms in total. The molecule has 3 aromatic rings. The quantitative estimate of drug-likeness (QED) is 0.411. The van der Waals surface area contributed by atoms with Gasteiger partial charge in [-0.1, -0.05) is 66.2 Å². The van der Waals surface area contributed by atoms with E-state index in [1.54, 1.807) is 12.1 Å². The summed E-state index contributed by atoms with van der Waals surface area (Å²) in [7, 11) is 0. The van der Waals surface area contributed by atoms with Crippen molar-refractivity contribution in [2.24, 2.45) is 0 Å². The van der Waals surface area contributed by atoms with E-state index in [1.165, 1.54) is 18.2 Å². The average molecular weight is 454 g/mol. The molecule has 0 atom stereocenters. The number of ether oxygens (including phenoxy) is 1. The summed E-state index contributed by atoms with van der Waals surface area (Å²) in [6.45, 7) is 0.151. The summed E-state index contributed by atoms with van der Waals surface area (Å²) >= 11 is 6.86. The number of halogens is 2. The fraction of sp³-hybridized carbons (Fsp3) is 0.0833. The monoisotopic (exact) mass is 453 g/mol.